The number of methoxy groups -OCH3 is 1. The fourth-order valence-corrected chi connectivity index (χ4v) is 3.16. The van der Waals surface area contributed by atoms with Crippen LogP contribution < -0.4 is 0 Å². The maximum atomic E-state index is 5.17. The first-order valence-electron chi connectivity index (χ1n) is 6.61. The van der Waals surface area contributed by atoms with Crippen LogP contribution in [0.4, 0.5) is 0 Å². The molecule has 2 aliphatic rings. The Kier molecular flexibility index (Phi) is 3.88. The fraction of sp³-hybridized carbons (Fsp3) is 1.00. The second-order valence-electron chi connectivity index (χ2n) is 5.87. The van der Waals surface area contributed by atoms with Crippen molar-refractivity contribution in [2.45, 2.75) is 32.7 Å². The van der Waals surface area contributed by atoms with E-state index in [9.17, 15) is 0 Å². The highest BCUT2D eigenvalue weighted by Gasteiger charge is 2.45. The van der Waals surface area contributed by atoms with Crippen molar-refractivity contribution >= 4 is 0 Å². The molecule has 2 heterocycles. The second-order valence-corrected chi connectivity index (χ2v) is 5.87. The summed E-state index contributed by atoms with van der Waals surface area (Å²) < 4.78 is 5.17. The second kappa shape index (κ2) is 5.03. The molecule has 2 saturated heterocycles. The van der Waals surface area contributed by atoms with Crippen LogP contribution in [0.25, 0.3) is 0 Å². The van der Waals surface area contributed by atoms with E-state index < -0.39 is 0 Å². The first-order chi connectivity index (χ1) is 7.65. The highest BCUT2D eigenvalue weighted by molar-refractivity contribution is 5.00. The molecule has 0 radical (unpaired) electrons. The molecule has 16 heavy (non-hydrogen) atoms. The number of nitrogens with zero attached hydrogens (tertiary/aromatic N) is 2. The van der Waals surface area contributed by atoms with Gasteiger partial charge in [0.05, 0.1) is 6.61 Å². The number of rotatable bonds is 4. The first kappa shape index (κ1) is 12.3. The van der Waals surface area contributed by atoms with Gasteiger partial charge >= 0.3 is 0 Å². The molecule has 3 nitrogen and oxygen atoms in total. The van der Waals surface area contributed by atoms with Gasteiger partial charge < -0.3 is 9.64 Å². The lowest BCUT2D eigenvalue weighted by Crippen LogP contribution is -2.64. The molecule has 0 atom stereocenters. The summed E-state index contributed by atoms with van der Waals surface area (Å²) in [4.78, 5) is 5.19. The van der Waals surface area contributed by atoms with Gasteiger partial charge in [-0.25, -0.2) is 0 Å². The van der Waals surface area contributed by atoms with Crippen molar-refractivity contribution in [3.8, 4) is 0 Å². The third-order valence-electron chi connectivity index (χ3n) is 4.16. The zero-order chi connectivity index (χ0) is 11.6. The van der Waals surface area contributed by atoms with Crippen LogP contribution in [0.5, 0.6) is 0 Å². The fourth-order valence-electron chi connectivity index (χ4n) is 3.16. The average molecular weight is 226 g/mol. The van der Waals surface area contributed by atoms with Crippen molar-refractivity contribution in [1.82, 2.24) is 9.80 Å². The topological polar surface area (TPSA) is 15.7 Å². The Morgan fingerprint density at radius 2 is 2.00 bits per heavy atom. The number of ether oxygens (including phenoxy) is 1. The van der Waals surface area contributed by atoms with E-state index in [4.69, 9.17) is 4.74 Å². The zero-order valence-corrected chi connectivity index (χ0v) is 11.0. The molecule has 2 fully saturated rings. The molecule has 0 bridgehead atoms. The largest absolute Gasteiger partial charge is 0.383 e. The molecule has 2 aliphatic heterocycles. The summed E-state index contributed by atoms with van der Waals surface area (Å²) in [7, 11) is 1.80. The van der Waals surface area contributed by atoms with Crippen LogP contribution in [-0.4, -0.2) is 62.3 Å². The Balaban J connectivity index is 1.79. The summed E-state index contributed by atoms with van der Waals surface area (Å²) in [6, 6.07) is 0.722. The number of hydrogen-bond acceptors (Lipinski definition) is 3. The first-order valence-corrected chi connectivity index (χ1v) is 6.61. The van der Waals surface area contributed by atoms with E-state index in [2.05, 4.69) is 23.6 Å². The van der Waals surface area contributed by atoms with Gasteiger partial charge in [-0.3, -0.25) is 4.90 Å². The van der Waals surface area contributed by atoms with Crippen LogP contribution in [-0.2, 0) is 4.74 Å². The Labute approximate surface area is 99.7 Å². The Morgan fingerprint density at radius 3 is 2.62 bits per heavy atom. The highest BCUT2D eigenvalue weighted by Crippen LogP contribution is 2.39. The normalized spacial score (nSPS) is 26.2. The molecule has 0 N–H and O–H groups in total. The predicted molar refractivity (Wildman–Crippen MR) is 66.7 cm³/mol. The lowest BCUT2D eigenvalue weighted by Gasteiger charge is -2.56. The van der Waals surface area contributed by atoms with E-state index in [1.807, 2.05) is 0 Å². The molecular formula is C13H26N2O. The number of piperidine rings is 1. The monoisotopic (exact) mass is 226 g/mol. The van der Waals surface area contributed by atoms with Crippen molar-refractivity contribution in [3.63, 3.8) is 0 Å². The van der Waals surface area contributed by atoms with Crippen molar-refractivity contribution in [3.05, 3.63) is 0 Å². The van der Waals surface area contributed by atoms with E-state index in [0.717, 1.165) is 19.2 Å². The summed E-state index contributed by atoms with van der Waals surface area (Å²) in [5, 5.41) is 0. The molecule has 94 valence electrons. The van der Waals surface area contributed by atoms with E-state index >= 15 is 0 Å². The molecule has 0 aromatic carbocycles. The van der Waals surface area contributed by atoms with Gasteiger partial charge in [0.25, 0.3) is 0 Å². The van der Waals surface area contributed by atoms with Crippen molar-refractivity contribution in [1.29, 1.82) is 0 Å². The zero-order valence-electron chi connectivity index (χ0n) is 11.0. The summed E-state index contributed by atoms with van der Waals surface area (Å²) in [5.74, 6) is 0. The van der Waals surface area contributed by atoms with Crippen molar-refractivity contribution < 1.29 is 4.74 Å². The predicted octanol–water partition coefficient (Wildman–Crippen LogP) is 1.44. The molecule has 0 aromatic rings. The molecule has 1 spiro atoms. The standard InChI is InChI=1S/C13H26N2O/c1-12(2)15-10-13(11-15)5-4-6-14(9-13)7-8-16-3/h12H,4-11H2,1-3H3. The van der Waals surface area contributed by atoms with Crippen molar-refractivity contribution in [2.24, 2.45) is 5.41 Å². The van der Waals surface area contributed by atoms with Crippen LogP contribution in [0.3, 0.4) is 0 Å². The molecule has 0 saturated carbocycles. The minimum atomic E-state index is 0.621. The lowest BCUT2D eigenvalue weighted by atomic mass is 9.73. The minimum Gasteiger partial charge on any atom is -0.383 e. The van der Waals surface area contributed by atoms with Gasteiger partial charge in [-0.2, -0.15) is 0 Å². The van der Waals surface area contributed by atoms with Crippen LogP contribution >= 0.6 is 0 Å². The maximum Gasteiger partial charge on any atom is 0.0589 e. The summed E-state index contributed by atoms with van der Waals surface area (Å²) in [5.41, 5.74) is 0.621. The molecular weight excluding hydrogens is 200 g/mol. The molecule has 2 rings (SSSR count). The molecule has 0 aliphatic carbocycles. The van der Waals surface area contributed by atoms with E-state index in [1.54, 1.807) is 7.11 Å². The van der Waals surface area contributed by atoms with E-state index in [-0.39, 0.29) is 0 Å². The van der Waals surface area contributed by atoms with E-state index in [1.165, 1.54) is 39.0 Å². The van der Waals surface area contributed by atoms with Gasteiger partial charge in [-0.1, -0.05) is 0 Å². The SMILES string of the molecule is COCCN1CCCC2(C1)CN(C(C)C)C2. The quantitative estimate of drug-likeness (QED) is 0.721. The lowest BCUT2D eigenvalue weighted by molar-refractivity contribution is -0.0717. The number of likely N-dealkylation sites (tertiary alicyclic amines) is 2. The molecule has 3 heteroatoms. The number of hydrogen-bond donors (Lipinski definition) is 0. The summed E-state index contributed by atoms with van der Waals surface area (Å²) >= 11 is 0. The molecule has 0 unspecified atom stereocenters. The van der Waals surface area contributed by atoms with Crippen LogP contribution in [0.1, 0.15) is 26.7 Å². The van der Waals surface area contributed by atoms with Crippen LogP contribution in [0.15, 0.2) is 0 Å². The summed E-state index contributed by atoms with van der Waals surface area (Å²) in [6.07, 6.45) is 2.80. The molecule has 0 aromatic heterocycles. The Hall–Kier alpha value is -0.120. The van der Waals surface area contributed by atoms with E-state index in [0.29, 0.717) is 5.41 Å². The minimum absolute atomic E-state index is 0.621. The van der Waals surface area contributed by atoms with Crippen molar-refractivity contribution in [2.75, 3.05) is 46.4 Å². The van der Waals surface area contributed by atoms with Gasteiger partial charge in [-0.15, -0.1) is 0 Å². The third-order valence-corrected chi connectivity index (χ3v) is 4.16. The van der Waals surface area contributed by atoms with Gasteiger partial charge in [-0.05, 0) is 33.2 Å². The maximum absolute atomic E-state index is 5.17. The van der Waals surface area contributed by atoms with Crippen LogP contribution in [0, 0.1) is 5.41 Å². The average Bonchev–Trinajstić information content (AvgIpc) is 2.23. The highest BCUT2D eigenvalue weighted by atomic mass is 16.5. The van der Waals surface area contributed by atoms with Crippen LogP contribution in [0.2, 0.25) is 0 Å². The van der Waals surface area contributed by atoms with Gasteiger partial charge in [0.2, 0.25) is 0 Å². The molecule has 0 amide bonds. The summed E-state index contributed by atoms with van der Waals surface area (Å²) in [6.45, 7) is 11.8. The smallest absolute Gasteiger partial charge is 0.0589 e. The van der Waals surface area contributed by atoms with Gasteiger partial charge in [0.1, 0.15) is 0 Å². The third kappa shape index (κ3) is 2.58. The Morgan fingerprint density at radius 1 is 1.25 bits per heavy atom. The van der Waals surface area contributed by atoms with Gasteiger partial charge in [0.15, 0.2) is 0 Å². The Bertz CT molecular complexity index is 224. The van der Waals surface area contributed by atoms with Gasteiger partial charge in [0, 0.05) is 44.7 Å².